The van der Waals surface area contributed by atoms with Crippen LogP contribution in [0.3, 0.4) is 0 Å². The van der Waals surface area contributed by atoms with Crippen molar-refractivity contribution in [2.24, 2.45) is 11.8 Å². The van der Waals surface area contributed by atoms with Gasteiger partial charge in [0.1, 0.15) is 12.5 Å². The molecule has 1 aromatic carbocycles. The SMILES string of the molecule is CCSCCOC(=O)C1=C(C)NC2=C(C(=O)[C@H](C(=O)OC)[C@H](C)C2)[C@H]1c1ccc(C)c([N+](=O)[O-])c1. The number of allylic oxidation sites excluding steroid dienone is 3. The molecule has 0 saturated carbocycles. The van der Waals surface area contributed by atoms with Crippen molar-refractivity contribution in [2.45, 2.75) is 40.0 Å². The Kier molecular flexibility index (Phi) is 8.37. The van der Waals surface area contributed by atoms with Crippen LogP contribution < -0.4 is 5.32 Å². The number of nitro groups is 1. The van der Waals surface area contributed by atoms with E-state index in [1.165, 1.54) is 13.2 Å². The molecule has 2 aliphatic rings. The van der Waals surface area contributed by atoms with E-state index in [-0.39, 0.29) is 29.4 Å². The molecule has 1 aliphatic heterocycles. The Hall–Kier alpha value is -3.14. The summed E-state index contributed by atoms with van der Waals surface area (Å²) in [5, 5.41) is 14.8. The highest BCUT2D eigenvalue weighted by Gasteiger charge is 2.47. The number of hydrogen-bond donors (Lipinski definition) is 1. The number of carbonyl (C=O) groups is 3. The third-order valence-electron chi connectivity index (χ3n) is 6.39. The minimum Gasteiger partial charge on any atom is -0.468 e. The number of rotatable bonds is 8. The van der Waals surface area contributed by atoms with E-state index in [1.54, 1.807) is 44.7 Å². The Morgan fingerprint density at radius 3 is 2.63 bits per heavy atom. The van der Waals surface area contributed by atoms with Gasteiger partial charge in [-0.1, -0.05) is 26.0 Å². The summed E-state index contributed by atoms with van der Waals surface area (Å²) >= 11 is 1.63. The summed E-state index contributed by atoms with van der Waals surface area (Å²) in [4.78, 5) is 50.6. The Balaban J connectivity index is 2.15. The second-order valence-corrected chi connectivity index (χ2v) is 10.1. The number of thioether (sulfide) groups is 1. The van der Waals surface area contributed by atoms with E-state index in [1.807, 2.05) is 6.92 Å². The summed E-state index contributed by atoms with van der Waals surface area (Å²) in [6.07, 6.45) is 0.387. The number of aryl methyl sites for hydroxylation is 1. The number of nitrogens with zero attached hydrogens (tertiary/aromatic N) is 1. The van der Waals surface area contributed by atoms with Gasteiger partial charge in [-0.2, -0.15) is 11.8 Å². The van der Waals surface area contributed by atoms with Crippen LogP contribution in [-0.2, 0) is 23.9 Å². The first-order chi connectivity index (χ1) is 16.6. The molecule has 1 aromatic rings. The third-order valence-corrected chi connectivity index (χ3v) is 7.25. The predicted molar refractivity (Wildman–Crippen MR) is 132 cm³/mol. The van der Waals surface area contributed by atoms with E-state index in [0.29, 0.717) is 34.7 Å². The highest BCUT2D eigenvalue weighted by molar-refractivity contribution is 7.99. The van der Waals surface area contributed by atoms with Gasteiger partial charge in [-0.05, 0) is 37.5 Å². The molecule has 3 rings (SSSR count). The quantitative estimate of drug-likeness (QED) is 0.186. The molecule has 1 heterocycles. The van der Waals surface area contributed by atoms with E-state index in [0.717, 1.165) is 5.75 Å². The molecular weight excluding hydrogens is 472 g/mol. The Labute approximate surface area is 208 Å². The van der Waals surface area contributed by atoms with Crippen LogP contribution in [0.25, 0.3) is 0 Å². The monoisotopic (exact) mass is 502 g/mol. The van der Waals surface area contributed by atoms with Crippen molar-refractivity contribution >= 4 is 35.2 Å². The Morgan fingerprint density at radius 2 is 2.00 bits per heavy atom. The molecule has 0 spiro atoms. The van der Waals surface area contributed by atoms with Crippen molar-refractivity contribution in [1.82, 2.24) is 5.32 Å². The normalized spacial score (nSPS) is 21.9. The minimum atomic E-state index is -1.03. The van der Waals surface area contributed by atoms with Crippen molar-refractivity contribution in [3.63, 3.8) is 0 Å². The summed E-state index contributed by atoms with van der Waals surface area (Å²) in [7, 11) is 1.23. The molecule has 0 amide bonds. The van der Waals surface area contributed by atoms with Crippen molar-refractivity contribution < 1.29 is 28.8 Å². The number of esters is 2. The zero-order chi connectivity index (χ0) is 25.9. The van der Waals surface area contributed by atoms with Gasteiger partial charge in [0.15, 0.2) is 5.78 Å². The van der Waals surface area contributed by atoms with Gasteiger partial charge in [-0.3, -0.25) is 19.7 Å². The van der Waals surface area contributed by atoms with E-state index < -0.39 is 34.5 Å². The fourth-order valence-electron chi connectivity index (χ4n) is 4.70. The molecule has 0 fully saturated rings. The fourth-order valence-corrected chi connectivity index (χ4v) is 5.19. The number of nitrogens with one attached hydrogen (secondary N) is 1. The highest BCUT2D eigenvalue weighted by atomic mass is 32.2. The molecular formula is C25H30N2O7S. The van der Waals surface area contributed by atoms with E-state index in [4.69, 9.17) is 9.47 Å². The van der Waals surface area contributed by atoms with Crippen LogP contribution in [-0.4, -0.2) is 47.9 Å². The van der Waals surface area contributed by atoms with Crippen LogP contribution in [0.5, 0.6) is 0 Å². The number of Topliss-reactive ketones (excluding diaryl/α,β-unsaturated/α-hetero) is 1. The second kappa shape index (κ2) is 11.1. The van der Waals surface area contributed by atoms with Crippen molar-refractivity contribution in [2.75, 3.05) is 25.2 Å². The Bertz CT molecular complexity index is 1120. The molecule has 0 unspecified atom stereocenters. The van der Waals surface area contributed by atoms with Crippen LogP contribution in [0.4, 0.5) is 5.69 Å². The van der Waals surface area contributed by atoms with Gasteiger partial charge < -0.3 is 14.8 Å². The summed E-state index contributed by atoms with van der Waals surface area (Å²) in [6.45, 7) is 7.34. The molecule has 188 valence electrons. The lowest BCUT2D eigenvalue weighted by atomic mass is 9.69. The first-order valence-electron chi connectivity index (χ1n) is 11.4. The van der Waals surface area contributed by atoms with Crippen LogP contribution in [0.1, 0.15) is 44.2 Å². The summed E-state index contributed by atoms with van der Waals surface area (Å²) in [5.74, 6) is -2.45. The van der Waals surface area contributed by atoms with E-state index >= 15 is 0 Å². The van der Waals surface area contributed by atoms with Gasteiger partial charge in [0.25, 0.3) is 5.69 Å². The number of ketones is 1. The van der Waals surface area contributed by atoms with Crippen molar-refractivity contribution in [1.29, 1.82) is 0 Å². The molecule has 0 saturated heterocycles. The Morgan fingerprint density at radius 1 is 1.29 bits per heavy atom. The molecule has 9 nitrogen and oxygen atoms in total. The maximum Gasteiger partial charge on any atom is 0.336 e. The van der Waals surface area contributed by atoms with E-state index in [9.17, 15) is 24.5 Å². The maximum absolute atomic E-state index is 13.7. The topological polar surface area (TPSA) is 125 Å². The van der Waals surface area contributed by atoms with Crippen molar-refractivity contribution in [3.05, 3.63) is 62.0 Å². The maximum atomic E-state index is 13.7. The molecule has 1 aliphatic carbocycles. The summed E-state index contributed by atoms with van der Waals surface area (Å²) in [6, 6.07) is 4.66. The van der Waals surface area contributed by atoms with Gasteiger partial charge in [0, 0.05) is 40.3 Å². The number of benzene rings is 1. The van der Waals surface area contributed by atoms with Crippen LogP contribution in [0.15, 0.2) is 40.7 Å². The number of hydrogen-bond acceptors (Lipinski definition) is 9. The number of carbonyl (C=O) groups excluding carboxylic acids is 3. The van der Waals surface area contributed by atoms with Crippen molar-refractivity contribution in [3.8, 4) is 0 Å². The van der Waals surface area contributed by atoms with Gasteiger partial charge in [0.05, 0.1) is 17.6 Å². The van der Waals surface area contributed by atoms with Crippen LogP contribution in [0, 0.1) is 28.9 Å². The molecule has 0 radical (unpaired) electrons. The average molecular weight is 503 g/mol. The standard InChI is InChI=1S/C25H30N2O7S/c1-6-35-10-9-34-25(30)20-15(4)26-17-11-14(3)19(24(29)33-5)23(28)22(17)21(20)16-8-7-13(2)18(12-16)27(31)32/h7-8,12,14,19,21,26H,6,9-11H2,1-5H3/t14-,19-,21+/m1/s1. The highest BCUT2D eigenvalue weighted by Crippen LogP contribution is 2.46. The lowest BCUT2D eigenvalue weighted by molar-refractivity contribution is -0.385. The zero-order valence-electron chi connectivity index (χ0n) is 20.5. The van der Waals surface area contributed by atoms with Gasteiger partial charge in [-0.15, -0.1) is 0 Å². The zero-order valence-corrected chi connectivity index (χ0v) is 21.3. The van der Waals surface area contributed by atoms with Gasteiger partial charge >= 0.3 is 11.9 Å². The lowest BCUT2D eigenvalue weighted by Gasteiger charge is -2.38. The predicted octanol–water partition coefficient (Wildman–Crippen LogP) is 3.81. The molecule has 0 bridgehead atoms. The number of ether oxygens (including phenoxy) is 2. The summed E-state index contributed by atoms with van der Waals surface area (Å²) < 4.78 is 10.4. The first kappa shape index (κ1) is 26.5. The largest absolute Gasteiger partial charge is 0.468 e. The molecule has 0 aromatic heterocycles. The molecule has 35 heavy (non-hydrogen) atoms. The molecule has 10 heteroatoms. The molecule has 1 N–H and O–H groups in total. The van der Waals surface area contributed by atoms with E-state index in [2.05, 4.69) is 5.32 Å². The molecule has 3 atom stereocenters. The minimum absolute atomic E-state index is 0.117. The smallest absolute Gasteiger partial charge is 0.336 e. The van der Waals surface area contributed by atoms with Crippen LogP contribution in [0.2, 0.25) is 0 Å². The summed E-state index contributed by atoms with van der Waals surface area (Å²) in [5.41, 5.74) is 2.32. The number of dihydropyridines is 1. The third kappa shape index (κ3) is 5.27. The second-order valence-electron chi connectivity index (χ2n) is 8.67. The average Bonchev–Trinajstić information content (AvgIpc) is 2.80. The van der Waals surface area contributed by atoms with Gasteiger partial charge in [0.2, 0.25) is 0 Å². The number of nitro benzene ring substituents is 1. The number of methoxy groups -OCH3 is 1. The van der Waals surface area contributed by atoms with Crippen LogP contribution >= 0.6 is 11.8 Å². The first-order valence-corrected chi connectivity index (χ1v) is 12.6. The van der Waals surface area contributed by atoms with Gasteiger partial charge in [-0.25, -0.2) is 4.79 Å². The lowest BCUT2D eigenvalue weighted by Crippen LogP contribution is -2.43. The fraction of sp³-hybridized carbons (Fsp3) is 0.480.